The molecule has 1 aliphatic rings. The summed E-state index contributed by atoms with van der Waals surface area (Å²) in [5, 5.41) is 8.82. The normalized spacial score (nSPS) is 25.9. The van der Waals surface area contributed by atoms with Crippen molar-refractivity contribution >= 4 is 5.97 Å². The Balaban J connectivity index is 2.30. The molecule has 4 heteroatoms. The molecule has 0 aromatic rings. The second-order valence-corrected chi connectivity index (χ2v) is 5.50. The molecule has 0 aromatic heterocycles. The number of likely N-dealkylation sites (N-methyl/N-ethyl adjacent to an activating group) is 1. The highest BCUT2D eigenvalue weighted by Gasteiger charge is 2.32. The van der Waals surface area contributed by atoms with E-state index in [4.69, 9.17) is 9.84 Å². The van der Waals surface area contributed by atoms with E-state index >= 15 is 0 Å². The summed E-state index contributed by atoms with van der Waals surface area (Å²) >= 11 is 0. The van der Waals surface area contributed by atoms with Gasteiger partial charge in [-0.05, 0) is 33.7 Å². The average molecular weight is 229 g/mol. The van der Waals surface area contributed by atoms with E-state index in [1.54, 1.807) is 6.92 Å². The molecule has 16 heavy (non-hydrogen) atoms. The number of hydrogen-bond acceptors (Lipinski definition) is 3. The van der Waals surface area contributed by atoms with Crippen molar-refractivity contribution in [2.45, 2.75) is 45.3 Å². The lowest BCUT2D eigenvalue weighted by Crippen LogP contribution is -2.35. The van der Waals surface area contributed by atoms with E-state index in [-0.39, 0.29) is 17.6 Å². The molecule has 1 fully saturated rings. The van der Waals surface area contributed by atoms with Crippen LogP contribution in [0.3, 0.4) is 0 Å². The lowest BCUT2D eigenvalue weighted by atomic mass is 10.1. The SMILES string of the molecule is CC(CN(C)CC1CCC(C)(C)O1)C(=O)O. The predicted octanol–water partition coefficient (Wildman–Crippen LogP) is 1.60. The maximum absolute atomic E-state index is 10.7. The highest BCUT2D eigenvalue weighted by Crippen LogP contribution is 2.29. The summed E-state index contributed by atoms with van der Waals surface area (Å²) < 4.78 is 5.87. The number of rotatable bonds is 5. The highest BCUT2D eigenvalue weighted by molar-refractivity contribution is 5.69. The van der Waals surface area contributed by atoms with Crippen molar-refractivity contribution in [1.82, 2.24) is 4.90 Å². The lowest BCUT2D eigenvalue weighted by molar-refractivity contribution is -0.141. The standard InChI is InChI=1S/C12H23NO3/c1-9(11(14)15)7-13(4)8-10-5-6-12(2,3)16-10/h9-10H,5-8H2,1-4H3,(H,14,15). The fourth-order valence-corrected chi connectivity index (χ4v) is 2.17. The van der Waals surface area contributed by atoms with E-state index in [0.717, 1.165) is 19.4 Å². The average Bonchev–Trinajstić information content (AvgIpc) is 2.44. The summed E-state index contributed by atoms with van der Waals surface area (Å²) in [6.07, 6.45) is 2.40. The van der Waals surface area contributed by atoms with Crippen LogP contribution in [0.15, 0.2) is 0 Å². The van der Waals surface area contributed by atoms with E-state index in [2.05, 4.69) is 13.8 Å². The Kier molecular flexibility index (Phi) is 4.33. The second-order valence-electron chi connectivity index (χ2n) is 5.50. The van der Waals surface area contributed by atoms with Crippen LogP contribution in [0.2, 0.25) is 0 Å². The minimum absolute atomic E-state index is 0.01000. The highest BCUT2D eigenvalue weighted by atomic mass is 16.5. The monoisotopic (exact) mass is 229 g/mol. The first kappa shape index (κ1) is 13.5. The lowest BCUT2D eigenvalue weighted by Gasteiger charge is -2.24. The summed E-state index contributed by atoms with van der Waals surface area (Å²) in [7, 11) is 1.95. The summed E-state index contributed by atoms with van der Waals surface area (Å²) in [5.74, 6) is -1.06. The maximum Gasteiger partial charge on any atom is 0.307 e. The van der Waals surface area contributed by atoms with Crippen molar-refractivity contribution in [2.24, 2.45) is 5.92 Å². The third kappa shape index (κ3) is 4.10. The number of ether oxygens (including phenoxy) is 1. The Morgan fingerprint density at radius 2 is 2.25 bits per heavy atom. The van der Waals surface area contributed by atoms with Crippen LogP contribution < -0.4 is 0 Å². The van der Waals surface area contributed by atoms with Crippen molar-refractivity contribution in [2.75, 3.05) is 20.1 Å². The van der Waals surface area contributed by atoms with Gasteiger partial charge < -0.3 is 14.7 Å². The number of carboxylic acid groups (broad SMARTS) is 1. The number of carboxylic acids is 1. The van der Waals surface area contributed by atoms with Crippen molar-refractivity contribution in [3.63, 3.8) is 0 Å². The molecule has 1 heterocycles. The molecule has 0 aromatic carbocycles. The molecule has 2 atom stereocenters. The van der Waals surface area contributed by atoms with Gasteiger partial charge in [-0.25, -0.2) is 0 Å². The van der Waals surface area contributed by atoms with Gasteiger partial charge in [0, 0.05) is 13.1 Å². The summed E-state index contributed by atoms with van der Waals surface area (Å²) in [4.78, 5) is 12.8. The molecule has 0 aliphatic carbocycles. The fraction of sp³-hybridized carbons (Fsp3) is 0.917. The van der Waals surface area contributed by atoms with Gasteiger partial charge in [0.25, 0.3) is 0 Å². The van der Waals surface area contributed by atoms with Gasteiger partial charge in [0.1, 0.15) is 0 Å². The molecule has 1 N–H and O–H groups in total. The third-order valence-corrected chi connectivity index (χ3v) is 3.08. The first-order valence-corrected chi connectivity index (χ1v) is 5.89. The van der Waals surface area contributed by atoms with Crippen molar-refractivity contribution in [1.29, 1.82) is 0 Å². The van der Waals surface area contributed by atoms with Crippen LogP contribution >= 0.6 is 0 Å². The minimum Gasteiger partial charge on any atom is -0.481 e. The molecule has 2 unspecified atom stereocenters. The van der Waals surface area contributed by atoms with Crippen molar-refractivity contribution in [3.8, 4) is 0 Å². The molecule has 94 valence electrons. The number of nitrogens with zero attached hydrogens (tertiary/aromatic N) is 1. The van der Waals surface area contributed by atoms with Gasteiger partial charge in [0.15, 0.2) is 0 Å². The summed E-state index contributed by atoms with van der Waals surface area (Å²) in [6.45, 7) is 7.34. The van der Waals surface area contributed by atoms with E-state index in [0.29, 0.717) is 6.54 Å². The van der Waals surface area contributed by atoms with Gasteiger partial charge in [-0.15, -0.1) is 0 Å². The van der Waals surface area contributed by atoms with E-state index < -0.39 is 5.97 Å². The summed E-state index contributed by atoms with van der Waals surface area (Å²) in [6, 6.07) is 0. The Hall–Kier alpha value is -0.610. The Morgan fingerprint density at radius 1 is 1.62 bits per heavy atom. The molecule has 1 saturated heterocycles. The summed E-state index contributed by atoms with van der Waals surface area (Å²) in [5.41, 5.74) is -0.01000. The fourth-order valence-electron chi connectivity index (χ4n) is 2.17. The Morgan fingerprint density at radius 3 is 2.69 bits per heavy atom. The molecule has 1 rings (SSSR count). The van der Waals surface area contributed by atoms with E-state index in [9.17, 15) is 4.79 Å². The number of aliphatic carboxylic acids is 1. The Labute approximate surface area is 97.6 Å². The van der Waals surface area contributed by atoms with E-state index in [1.165, 1.54) is 0 Å². The zero-order valence-electron chi connectivity index (χ0n) is 10.7. The van der Waals surface area contributed by atoms with Crippen LogP contribution in [-0.2, 0) is 9.53 Å². The van der Waals surface area contributed by atoms with Crippen molar-refractivity contribution < 1.29 is 14.6 Å². The molecule has 4 nitrogen and oxygen atoms in total. The zero-order valence-corrected chi connectivity index (χ0v) is 10.7. The smallest absolute Gasteiger partial charge is 0.307 e. The van der Waals surface area contributed by atoms with Crippen LogP contribution in [-0.4, -0.2) is 47.8 Å². The van der Waals surface area contributed by atoms with Gasteiger partial charge in [0.05, 0.1) is 17.6 Å². The van der Waals surface area contributed by atoms with Gasteiger partial charge in [0.2, 0.25) is 0 Å². The molecule has 0 saturated carbocycles. The molecular weight excluding hydrogens is 206 g/mol. The van der Waals surface area contributed by atoms with Crippen LogP contribution in [0.5, 0.6) is 0 Å². The predicted molar refractivity (Wildman–Crippen MR) is 62.5 cm³/mol. The van der Waals surface area contributed by atoms with Crippen molar-refractivity contribution in [3.05, 3.63) is 0 Å². The van der Waals surface area contributed by atoms with Gasteiger partial charge in [-0.2, -0.15) is 0 Å². The van der Waals surface area contributed by atoms with Crippen LogP contribution in [0.4, 0.5) is 0 Å². The largest absolute Gasteiger partial charge is 0.481 e. The minimum atomic E-state index is -0.737. The molecule has 1 aliphatic heterocycles. The number of carbonyl (C=O) groups is 1. The van der Waals surface area contributed by atoms with Gasteiger partial charge in [-0.3, -0.25) is 4.79 Å². The van der Waals surface area contributed by atoms with Gasteiger partial charge in [-0.1, -0.05) is 6.92 Å². The topological polar surface area (TPSA) is 49.8 Å². The molecule has 0 spiro atoms. The van der Waals surface area contributed by atoms with Crippen LogP contribution in [0.25, 0.3) is 0 Å². The first-order chi connectivity index (χ1) is 7.30. The first-order valence-electron chi connectivity index (χ1n) is 5.89. The van der Waals surface area contributed by atoms with Gasteiger partial charge >= 0.3 is 5.97 Å². The third-order valence-electron chi connectivity index (χ3n) is 3.08. The van der Waals surface area contributed by atoms with E-state index in [1.807, 2.05) is 11.9 Å². The molecule has 0 radical (unpaired) electrons. The molecule has 0 amide bonds. The zero-order chi connectivity index (χ0) is 12.3. The van der Waals surface area contributed by atoms with Crippen LogP contribution in [0.1, 0.15) is 33.6 Å². The molecular formula is C12H23NO3. The Bertz CT molecular complexity index is 253. The van der Waals surface area contributed by atoms with Crippen LogP contribution in [0, 0.1) is 5.92 Å². The number of hydrogen-bond donors (Lipinski definition) is 1. The molecule has 0 bridgehead atoms. The quantitative estimate of drug-likeness (QED) is 0.778. The maximum atomic E-state index is 10.7. The second kappa shape index (κ2) is 5.15.